The molecule has 2 heterocycles. The number of hydrogen-bond acceptors (Lipinski definition) is 6. The smallest absolute Gasteiger partial charge is 0.341 e. The van der Waals surface area contributed by atoms with E-state index in [1.807, 2.05) is 39.8 Å². The van der Waals surface area contributed by atoms with Crippen LogP contribution in [-0.2, 0) is 16.8 Å². The molecule has 0 atom stereocenters. The lowest BCUT2D eigenvalue weighted by Gasteiger charge is -2.23. The number of halogens is 1. The summed E-state index contributed by atoms with van der Waals surface area (Å²) in [5, 5.41) is 27.8. The summed E-state index contributed by atoms with van der Waals surface area (Å²) in [6, 6.07) is 6.73. The van der Waals surface area contributed by atoms with E-state index in [4.69, 9.17) is 15.3 Å². The van der Waals surface area contributed by atoms with Crippen LogP contribution in [0.3, 0.4) is 0 Å². The van der Waals surface area contributed by atoms with Crippen molar-refractivity contribution in [2.24, 2.45) is 0 Å². The quantitative estimate of drug-likeness (QED) is 0.528. The van der Waals surface area contributed by atoms with E-state index >= 15 is 0 Å². The van der Waals surface area contributed by atoms with Crippen LogP contribution in [-0.4, -0.2) is 50.8 Å². The van der Waals surface area contributed by atoms with Gasteiger partial charge in [-0.25, -0.2) is 9.78 Å². The monoisotopic (exact) mass is 491 g/mol. The Morgan fingerprint density at radius 1 is 1.26 bits per heavy atom. The number of aliphatic carboxylic acids is 1. The highest BCUT2D eigenvalue weighted by molar-refractivity contribution is 8.93. The number of Topliss-reactive ketones (excluding diaryl/α,β-unsaturated/α-hetero) is 1. The SMILES string of the molecule is Br.Cc1ccc2c(n1)C(=N)N(CC(=O)c1cc(OCC(=O)O)c(O)c(C(C)(C)C)c1)C2. The number of aromatic hydroxyl groups is 1. The molecule has 1 aromatic heterocycles. The summed E-state index contributed by atoms with van der Waals surface area (Å²) in [7, 11) is 0. The highest BCUT2D eigenvalue weighted by Crippen LogP contribution is 2.39. The molecule has 166 valence electrons. The number of phenolic OH excluding ortho intramolecular Hbond substituents is 1. The zero-order chi connectivity index (χ0) is 22.2. The van der Waals surface area contributed by atoms with E-state index in [1.54, 1.807) is 11.0 Å². The molecule has 0 radical (unpaired) electrons. The van der Waals surface area contributed by atoms with E-state index in [-0.39, 0.29) is 52.2 Å². The molecule has 0 amide bonds. The van der Waals surface area contributed by atoms with Crippen molar-refractivity contribution >= 4 is 34.6 Å². The molecule has 0 spiro atoms. The van der Waals surface area contributed by atoms with Crippen molar-refractivity contribution < 1.29 is 24.5 Å². The Hall–Kier alpha value is -2.94. The van der Waals surface area contributed by atoms with Crippen LogP contribution in [0.2, 0.25) is 0 Å². The molecule has 3 rings (SSSR count). The van der Waals surface area contributed by atoms with Gasteiger partial charge in [0.1, 0.15) is 11.5 Å². The number of carboxylic acids is 1. The first-order chi connectivity index (χ1) is 14.0. The topological polar surface area (TPSA) is 124 Å². The second kappa shape index (κ2) is 9.05. The molecule has 0 bridgehead atoms. The van der Waals surface area contributed by atoms with Gasteiger partial charge < -0.3 is 19.8 Å². The summed E-state index contributed by atoms with van der Waals surface area (Å²) in [4.78, 5) is 29.9. The largest absolute Gasteiger partial charge is 0.504 e. The minimum absolute atomic E-state index is 0. The summed E-state index contributed by atoms with van der Waals surface area (Å²) >= 11 is 0. The molecule has 0 aliphatic carbocycles. The first-order valence-electron chi connectivity index (χ1n) is 9.53. The van der Waals surface area contributed by atoms with Crippen LogP contribution in [0.4, 0.5) is 0 Å². The number of fused-ring (bicyclic) bond motifs is 1. The van der Waals surface area contributed by atoms with Crippen molar-refractivity contribution in [3.05, 3.63) is 52.3 Å². The predicted octanol–water partition coefficient (Wildman–Crippen LogP) is 3.46. The Bertz CT molecular complexity index is 1050. The number of carbonyl (C=O) groups is 2. The number of ether oxygens (including phenoxy) is 1. The fraction of sp³-hybridized carbons (Fsp3) is 0.364. The maximum atomic E-state index is 13.0. The average molecular weight is 492 g/mol. The number of rotatable bonds is 6. The highest BCUT2D eigenvalue weighted by atomic mass is 79.9. The van der Waals surface area contributed by atoms with Crippen LogP contribution >= 0.6 is 17.0 Å². The van der Waals surface area contributed by atoms with E-state index in [2.05, 4.69) is 4.98 Å². The lowest BCUT2D eigenvalue weighted by molar-refractivity contribution is -0.139. The number of aryl methyl sites for hydroxylation is 1. The van der Waals surface area contributed by atoms with Gasteiger partial charge in [-0.3, -0.25) is 10.2 Å². The van der Waals surface area contributed by atoms with Gasteiger partial charge in [0, 0.05) is 28.9 Å². The van der Waals surface area contributed by atoms with Crippen LogP contribution in [0.25, 0.3) is 0 Å². The number of ketones is 1. The normalized spacial score (nSPS) is 12.9. The molecule has 1 aliphatic rings. The van der Waals surface area contributed by atoms with E-state index in [1.165, 1.54) is 6.07 Å². The number of amidine groups is 1. The Morgan fingerprint density at radius 3 is 2.55 bits per heavy atom. The standard InChI is InChI=1S/C22H25N3O5.BrH/c1-12-5-6-13-9-25(21(23)19(13)24-12)10-16(26)14-7-15(22(2,3)4)20(29)17(8-14)30-11-18(27)28;/h5-8,23,29H,9-11H2,1-4H3,(H,27,28);1H. The third-order valence-corrected chi connectivity index (χ3v) is 4.91. The predicted molar refractivity (Wildman–Crippen MR) is 121 cm³/mol. The number of carbonyl (C=O) groups excluding carboxylic acids is 1. The maximum Gasteiger partial charge on any atom is 0.341 e. The van der Waals surface area contributed by atoms with Crippen LogP contribution in [0.15, 0.2) is 24.3 Å². The number of carboxylic acid groups (broad SMARTS) is 1. The number of nitrogens with zero attached hydrogens (tertiary/aromatic N) is 2. The summed E-state index contributed by atoms with van der Waals surface area (Å²) in [6.45, 7) is 7.21. The second-order valence-corrected chi connectivity index (χ2v) is 8.39. The van der Waals surface area contributed by atoms with Crippen molar-refractivity contribution in [3.63, 3.8) is 0 Å². The fourth-order valence-corrected chi connectivity index (χ4v) is 3.34. The lowest BCUT2D eigenvalue weighted by Crippen LogP contribution is -2.30. The van der Waals surface area contributed by atoms with Gasteiger partial charge in [-0.1, -0.05) is 26.8 Å². The first-order valence-corrected chi connectivity index (χ1v) is 9.53. The third kappa shape index (κ3) is 5.22. The van der Waals surface area contributed by atoms with Crippen molar-refractivity contribution in [1.82, 2.24) is 9.88 Å². The van der Waals surface area contributed by atoms with Crippen LogP contribution in [0, 0.1) is 12.3 Å². The van der Waals surface area contributed by atoms with Gasteiger partial charge in [-0.05, 0) is 30.5 Å². The van der Waals surface area contributed by atoms with Gasteiger partial charge in [-0.2, -0.15) is 0 Å². The van der Waals surface area contributed by atoms with Crippen LogP contribution in [0.1, 0.15) is 53.6 Å². The van der Waals surface area contributed by atoms with Crippen molar-refractivity contribution in [1.29, 1.82) is 5.41 Å². The highest BCUT2D eigenvalue weighted by Gasteiger charge is 2.29. The van der Waals surface area contributed by atoms with E-state index in [0.717, 1.165) is 11.3 Å². The molecule has 8 nitrogen and oxygen atoms in total. The molecule has 3 N–H and O–H groups in total. The summed E-state index contributed by atoms with van der Waals surface area (Å²) < 4.78 is 5.21. The summed E-state index contributed by atoms with van der Waals surface area (Å²) in [6.07, 6.45) is 0. The molecule has 0 unspecified atom stereocenters. The van der Waals surface area contributed by atoms with Crippen molar-refractivity contribution in [3.8, 4) is 11.5 Å². The maximum absolute atomic E-state index is 13.0. The van der Waals surface area contributed by atoms with Crippen molar-refractivity contribution in [2.45, 2.75) is 39.7 Å². The molecule has 2 aromatic rings. The minimum Gasteiger partial charge on any atom is -0.504 e. The van der Waals surface area contributed by atoms with Gasteiger partial charge in [-0.15, -0.1) is 17.0 Å². The first kappa shape index (κ1) is 24.3. The number of benzene rings is 1. The van der Waals surface area contributed by atoms with Gasteiger partial charge in [0.2, 0.25) is 0 Å². The van der Waals surface area contributed by atoms with Gasteiger partial charge in [0.25, 0.3) is 0 Å². The molecule has 31 heavy (non-hydrogen) atoms. The number of nitrogens with one attached hydrogen (secondary N) is 1. The number of pyridine rings is 1. The molecular weight excluding hydrogens is 466 g/mol. The lowest BCUT2D eigenvalue weighted by atomic mass is 9.84. The van der Waals surface area contributed by atoms with Crippen LogP contribution < -0.4 is 4.74 Å². The molecule has 0 saturated heterocycles. The van der Waals surface area contributed by atoms with Crippen LogP contribution in [0.5, 0.6) is 11.5 Å². The van der Waals surface area contributed by atoms with E-state index in [0.29, 0.717) is 17.8 Å². The Labute approximate surface area is 191 Å². The Balaban J connectivity index is 0.00000341. The average Bonchev–Trinajstić information content (AvgIpc) is 2.95. The third-order valence-electron chi connectivity index (χ3n) is 4.91. The van der Waals surface area contributed by atoms with E-state index in [9.17, 15) is 14.7 Å². The molecule has 1 aliphatic heterocycles. The number of hydrogen-bond donors (Lipinski definition) is 3. The number of phenols is 1. The second-order valence-electron chi connectivity index (χ2n) is 8.39. The van der Waals surface area contributed by atoms with Gasteiger partial charge in [0.15, 0.2) is 23.9 Å². The number of aromatic nitrogens is 1. The van der Waals surface area contributed by atoms with Gasteiger partial charge in [0.05, 0.1) is 6.54 Å². The van der Waals surface area contributed by atoms with Gasteiger partial charge >= 0.3 is 5.97 Å². The molecule has 0 fully saturated rings. The molecule has 9 heteroatoms. The Morgan fingerprint density at radius 2 is 1.94 bits per heavy atom. The minimum atomic E-state index is -1.19. The molecule has 1 aromatic carbocycles. The zero-order valence-corrected chi connectivity index (χ0v) is 19.6. The molecular formula is C22H26BrN3O5. The van der Waals surface area contributed by atoms with E-state index < -0.39 is 18.0 Å². The van der Waals surface area contributed by atoms with Crippen molar-refractivity contribution in [2.75, 3.05) is 13.2 Å². The fourth-order valence-electron chi connectivity index (χ4n) is 3.34. The zero-order valence-electron chi connectivity index (χ0n) is 17.9. The Kier molecular flexibility index (Phi) is 7.10. The summed E-state index contributed by atoms with van der Waals surface area (Å²) in [5.74, 6) is -1.49. The molecule has 0 saturated carbocycles. The summed E-state index contributed by atoms with van der Waals surface area (Å²) in [5.41, 5.74) is 2.54.